The first-order valence-corrected chi connectivity index (χ1v) is 9.26. The molecule has 0 aliphatic carbocycles. The SMILES string of the molecule is Cc1nnc(C(C)(O)C#Cc2cccc(-c3nc(C(N)=O)n4cc(Cl)ccc34)c2)o1. The van der Waals surface area contributed by atoms with E-state index in [1.165, 1.54) is 6.92 Å². The highest BCUT2D eigenvalue weighted by molar-refractivity contribution is 6.30. The summed E-state index contributed by atoms with van der Waals surface area (Å²) in [6.45, 7) is 3.11. The van der Waals surface area contributed by atoms with Gasteiger partial charge in [-0.25, -0.2) is 4.98 Å². The molecule has 3 heterocycles. The summed E-state index contributed by atoms with van der Waals surface area (Å²) in [5, 5.41) is 18.5. The van der Waals surface area contributed by atoms with Crippen molar-refractivity contribution in [2.45, 2.75) is 19.4 Å². The molecule has 4 aromatic rings. The summed E-state index contributed by atoms with van der Waals surface area (Å²) in [6, 6.07) is 10.7. The lowest BCUT2D eigenvalue weighted by atomic mass is 10.0. The minimum absolute atomic E-state index is 0.0201. The van der Waals surface area contributed by atoms with Crippen LogP contribution in [0.1, 0.15) is 34.9 Å². The fourth-order valence-electron chi connectivity index (χ4n) is 2.93. The van der Waals surface area contributed by atoms with Gasteiger partial charge in [0.15, 0.2) is 0 Å². The lowest BCUT2D eigenvalue weighted by Gasteiger charge is -2.09. The van der Waals surface area contributed by atoms with E-state index in [1.54, 1.807) is 47.9 Å². The number of benzene rings is 1. The number of rotatable bonds is 3. The van der Waals surface area contributed by atoms with Crippen LogP contribution in [-0.2, 0) is 5.60 Å². The van der Waals surface area contributed by atoms with Gasteiger partial charge < -0.3 is 15.3 Å². The molecule has 1 unspecified atom stereocenters. The molecule has 4 rings (SSSR count). The minimum atomic E-state index is -1.60. The first-order valence-electron chi connectivity index (χ1n) is 8.88. The summed E-state index contributed by atoms with van der Waals surface area (Å²) in [5.41, 5.74) is 6.45. The number of hydrogen-bond donors (Lipinski definition) is 2. The summed E-state index contributed by atoms with van der Waals surface area (Å²) in [7, 11) is 0. The van der Waals surface area contributed by atoms with Gasteiger partial charge in [0.1, 0.15) is 0 Å². The van der Waals surface area contributed by atoms with Crippen LogP contribution in [0.3, 0.4) is 0 Å². The van der Waals surface area contributed by atoms with Crippen LogP contribution in [0.2, 0.25) is 5.02 Å². The number of pyridine rings is 1. The molecule has 0 aliphatic heterocycles. The third-order valence-corrected chi connectivity index (χ3v) is 4.57. The molecule has 3 N–H and O–H groups in total. The van der Waals surface area contributed by atoms with Crippen molar-refractivity contribution in [3.05, 3.63) is 70.8 Å². The van der Waals surface area contributed by atoms with Gasteiger partial charge in [-0.1, -0.05) is 35.6 Å². The molecule has 0 saturated carbocycles. The Hall–Kier alpha value is -3.67. The molecular weight excluding hydrogens is 406 g/mol. The number of nitrogens with two attached hydrogens (primary N) is 1. The standard InChI is InChI=1S/C21H16ClN5O3/c1-12-25-26-20(30-12)21(2,29)9-8-13-4-3-5-14(10-13)17-16-7-6-15(22)11-27(16)19(24-17)18(23)28/h3-7,10-11,29H,1-2H3,(H2,23,28). The van der Waals surface area contributed by atoms with Crippen molar-refractivity contribution in [1.29, 1.82) is 0 Å². The zero-order chi connectivity index (χ0) is 21.5. The summed E-state index contributed by atoms with van der Waals surface area (Å²) < 4.78 is 6.83. The number of halogens is 1. The maximum absolute atomic E-state index is 11.8. The number of fused-ring (bicyclic) bond motifs is 1. The van der Waals surface area contributed by atoms with Gasteiger partial charge in [0.05, 0.1) is 16.2 Å². The van der Waals surface area contributed by atoms with Gasteiger partial charge in [-0.2, -0.15) is 0 Å². The van der Waals surface area contributed by atoms with Gasteiger partial charge in [-0.05, 0) is 31.2 Å². The first-order chi connectivity index (χ1) is 14.2. The molecule has 0 radical (unpaired) electrons. The molecule has 1 atom stereocenters. The third-order valence-electron chi connectivity index (χ3n) is 4.35. The molecule has 0 fully saturated rings. The van der Waals surface area contributed by atoms with E-state index in [9.17, 15) is 9.90 Å². The molecule has 1 amide bonds. The number of primary amides is 1. The minimum Gasteiger partial charge on any atom is -0.421 e. The Kier molecular flexibility index (Phi) is 4.78. The Labute approximate surface area is 176 Å². The van der Waals surface area contributed by atoms with Crippen LogP contribution in [-0.4, -0.2) is 30.6 Å². The molecule has 9 heteroatoms. The van der Waals surface area contributed by atoms with E-state index in [0.29, 0.717) is 27.7 Å². The zero-order valence-corrected chi connectivity index (χ0v) is 16.8. The smallest absolute Gasteiger partial charge is 0.285 e. The second-order valence-electron chi connectivity index (χ2n) is 6.78. The van der Waals surface area contributed by atoms with Gasteiger partial charge in [-0.3, -0.25) is 9.20 Å². The molecule has 1 aromatic carbocycles. The number of aryl methyl sites for hydroxylation is 1. The molecule has 150 valence electrons. The predicted octanol–water partition coefficient (Wildman–Crippen LogP) is 2.70. The topological polar surface area (TPSA) is 120 Å². The van der Waals surface area contributed by atoms with Crippen molar-refractivity contribution < 1.29 is 14.3 Å². The highest BCUT2D eigenvalue weighted by Gasteiger charge is 2.27. The largest absolute Gasteiger partial charge is 0.421 e. The Balaban J connectivity index is 1.76. The van der Waals surface area contributed by atoms with Crippen LogP contribution in [0.5, 0.6) is 0 Å². The van der Waals surface area contributed by atoms with Crippen LogP contribution in [0.15, 0.2) is 47.0 Å². The molecule has 8 nitrogen and oxygen atoms in total. The van der Waals surface area contributed by atoms with Crippen molar-refractivity contribution in [3.63, 3.8) is 0 Å². The van der Waals surface area contributed by atoms with Gasteiger partial charge in [-0.15, -0.1) is 10.2 Å². The van der Waals surface area contributed by atoms with Crippen LogP contribution in [0.4, 0.5) is 0 Å². The third kappa shape index (κ3) is 3.64. The van der Waals surface area contributed by atoms with Crippen LogP contribution in [0.25, 0.3) is 16.8 Å². The first kappa shape index (κ1) is 19.6. The van der Waals surface area contributed by atoms with E-state index >= 15 is 0 Å². The van der Waals surface area contributed by atoms with Crippen LogP contribution < -0.4 is 5.73 Å². The second-order valence-corrected chi connectivity index (χ2v) is 7.22. The molecular formula is C21H16ClN5O3. The average Bonchev–Trinajstić information content (AvgIpc) is 3.31. The van der Waals surface area contributed by atoms with E-state index in [1.807, 2.05) is 6.07 Å². The Morgan fingerprint density at radius 3 is 2.80 bits per heavy atom. The molecule has 0 bridgehead atoms. The predicted molar refractivity (Wildman–Crippen MR) is 110 cm³/mol. The average molecular weight is 422 g/mol. The summed E-state index contributed by atoms with van der Waals surface area (Å²) in [6.07, 6.45) is 1.58. The van der Waals surface area contributed by atoms with Crippen LogP contribution in [0, 0.1) is 18.8 Å². The molecule has 0 saturated heterocycles. The number of hydrogen-bond acceptors (Lipinski definition) is 6. The quantitative estimate of drug-likeness (QED) is 0.491. The summed E-state index contributed by atoms with van der Waals surface area (Å²) in [5.74, 6) is 5.43. The normalized spacial score (nSPS) is 12.9. The Morgan fingerprint density at radius 2 is 2.10 bits per heavy atom. The highest BCUT2D eigenvalue weighted by atomic mass is 35.5. The monoisotopic (exact) mass is 421 g/mol. The van der Waals surface area contributed by atoms with E-state index in [0.717, 1.165) is 5.56 Å². The maximum atomic E-state index is 11.8. The van der Waals surface area contributed by atoms with Crippen molar-refractivity contribution in [1.82, 2.24) is 19.6 Å². The zero-order valence-electron chi connectivity index (χ0n) is 16.0. The summed E-state index contributed by atoms with van der Waals surface area (Å²) in [4.78, 5) is 16.2. The van der Waals surface area contributed by atoms with Gasteiger partial charge in [0.2, 0.25) is 17.3 Å². The van der Waals surface area contributed by atoms with E-state index in [-0.39, 0.29) is 11.7 Å². The number of aliphatic hydroxyl groups is 1. The maximum Gasteiger partial charge on any atom is 0.285 e. The van der Waals surface area contributed by atoms with E-state index in [4.69, 9.17) is 21.8 Å². The number of carbonyl (C=O) groups is 1. The van der Waals surface area contributed by atoms with Gasteiger partial charge in [0.25, 0.3) is 11.8 Å². The van der Waals surface area contributed by atoms with E-state index in [2.05, 4.69) is 27.0 Å². The molecule has 0 aliphatic rings. The molecule has 0 spiro atoms. The lowest BCUT2D eigenvalue weighted by Crippen LogP contribution is -2.19. The van der Waals surface area contributed by atoms with Gasteiger partial charge >= 0.3 is 0 Å². The number of carbonyl (C=O) groups excluding carboxylic acids is 1. The van der Waals surface area contributed by atoms with Crippen molar-refractivity contribution >= 4 is 23.0 Å². The molecule has 30 heavy (non-hydrogen) atoms. The fraction of sp³-hybridized carbons (Fsp3) is 0.143. The Bertz CT molecular complexity index is 1340. The fourth-order valence-corrected chi connectivity index (χ4v) is 3.09. The Morgan fingerprint density at radius 1 is 1.30 bits per heavy atom. The molecule has 3 aromatic heterocycles. The highest BCUT2D eigenvalue weighted by Crippen LogP contribution is 2.27. The van der Waals surface area contributed by atoms with E-state index < -0.39 is 11.5 Å². The van der Waals surface area contributed by atoms with Crippen molar-refractivity contribution in [3.8, 4) is 23.1 Å². The summed E-state index contributed by atoms with van der Waals surface area (Å²) >= 11 is 6.05. The lowest BCUT2D eigenvalue weighted by molar-refractivity contribution is 0.0881. The number of nitrogens with zero attached hydrogens (tertiary/aromatic N) is 4. The number of amides is 1. The second kappa shape index (κ2) is 7.30. The van der Waals surface area contributed by atoms with Crippen molar-refractivity contribution in [2.75, 3.05) is 0 Å². The number of aromatic nitrogens is 4. The van der Waals surface area contributed by atoms with Crippen LogP contribution >= 0.6 is 11.6 Å². The van der Waals surface area contributed by atoms with Gasteiger partial charge in [0, 0.05) is 24.2 Å². The van der Waals surface area contributed by atoms with Crippen molar-refractivity contribution in [2.24, 2.45) is 5.73 Å². The number of imidazole rings is 1.